The van der Waals surface area contributed by atoms with Crippen molar-refractivity contribution in [2.24, 2.45) is 5.73 Å². The minimum absolute atomic E-state index is 0.0599. The van der Waals surface area contributed by atoms with E-state index in [0.717, 1.165) is 0 Å². The zero-order chi connectivity index (χ0) is 10.8. The second-order valence-corrected chi connectivity index (χ2v) is 2.56. The molecule has 1 aromatic heterocycles. The van der Waals surface area contributed by atoms with Crippen LogP contribution in [0.3, 0.4) is 0 Å². The van der Waals surface area contributed by atoms with Gasteiger partial charge in [0.1, 0.15) is 5.82 Å². The molecule has 0 fully saturated rings. The number of aromatic nitrogens is 3. The molecular weight excluding hydrogens is 197 g/mol. The van der Waals surface area contributed by atoms with Gasteiger partial charge in [0.15, 0.2) is 0 Å². The number of nitrogens with zero attached hydrogens (tertiary/aromatic N) is 2. The van der Waals surface area contributed by atoms with Gasteiger partial charge in [-0.3, -0.25) is 5.10 Å². The van der Waals surface area contributed by atoms with E-state index in [4.69, 9.17) is 12.2 Å². The number of halogens is 3. The molecule has 4 nitrogen and oxygen atoms in total. The molecule has 1 rings (SSSR count). The Hall–Kier alpha value is -1.55. The molecule has 0 saturated heterocycles. The van der Waals surface area contributed by atoms with Crippen LogP contribution in [0.15, 0.2) is 0 Å². The smallest absolute Gasteiger partial charge is 0.321 e. The van der Waals surface area contributed by atoms with Crippen molar-refractivity contribution >= 4 is 0 Å². The van der Waals surface area contributed by atoms with Gasteiger partial charge in [-0.2, -0.15) is 13.2 Å². The topological polar surface area (TPSA) is 67.6 Å². The van der Waals surface area contributed by atoms with Gasteiger partial charge < -0.3 is 5.73 Å². The summed E-state index contributed by atoms with van der Waals surface area (Å²) < 4.78 is 36.1. The van der Waals surface area contributed by atoms with Crippen LogP contribution in [0.2, 0.25) is 0 Å². The molecule has 0 aliphatic heterocycles. The summed E-state index contributed by atoms with van der Waals surface area (Å²) in [5.74, 6) is 0.924. The van der Waals surface area contributed by atoms with Gasteiger partial charge in [-0.25, -0.2) is 4.98 Å². The third kappa shape index (κ3) is 2.23. The summed E-state index contributed by atoms with van der Waals surface area (Å²) >= 11 is 0. The fourth-order valence-corrected chi connectivity index (χ4v) is 0.791. The molecule has 1 atom stereocenters. The molecule has 76 valence electrons. The number of aromatic amines is 1. The van der Waals surface area contributed by atoms with Crippen molar-refractivity contribution in [1.82, 2.24) is 15.2 Å². The molecule has 3 N–H and O–H groups in total. The SMILES string of the molecule is C#CC[C@H](N)c1nc(C(F)(F)F)n[nH]1. The van der Waals surface area contributed by atoms with E-state index in [9.17, 15) is 13.2 Å². The summed E-state index contributed by atoms with van der Waals surface area (Å²) in [6.07, 6.45) is 0.484. The standard InChI is InChI=1S/C7H7F3N4/c1-2-3-4(11)5-12-6(14-13-5)7(8,9)10/h1,4H,3,11H2,(H,12,13,14)/t4-/m0/s1. The normalized spacial score (nSPS) is 13.6. The Morgan fingerprint density at radius 3 is 2.64 bits per heavy atom. The Labute approximate surface area is 77.7 Å². The number of nitrogens with two attached hydrogens (primary N) is 1. The Kier molecular flexibility index (Phi) is 2.76. The molecule has 1 heterocycles. The van der Waals surface area contributed by atoms with Gasteiger partial charge in [-0.1, -0.05) is 0 Å². The van der Waals surface area contributed by atoms with Gasteiger partial charge in [0.2, 0.25) is 0 Å². The van der Waals surface area contributed by atoms with Gasteiger partial charge in [-0.15, -0.1) is 17.4 Å². The number of hydrogen-bond donors (Lipinski definition) is 2. The number of hydrogen-bond acceptors (Lipinski definition) is 3. The molecule has 0 amide bonds. The predicted octanol–water partition coefficient (Wildman–Crippen LogP) is 0.847. The molecule has 0 spiro atoms. The van der Waals surface area contributed by atoms with E-state index in [1.54, 1.807) is 0 Å². The number of nitrogens with one attached hydrogen (secondary N) is 1. The minimum atomic E-state index is -4.56. The second kappa shape index (κ2) is 3.67. The first kappa shape index (κ1) is 10.5. The zero-order valence-electron chi connectivity index (χ0n) is 6.97. The van der Waals surface area contributed by atoms with E-state index in [0.29, 0.717) is 0 Å². The van der Waals surface area contributed by atoms with Crippen LogP contribution in [0.4, 0.5) is 13.2 Å². The van der Waals surface area contributed by atoms with E-state index < -0.39 is 18.0 Å². The summed E-state index contributed by atoms with van der Waals surface area (Å²) in [6.45, 7) is 0. The third-order valence-electron chi connectivity index (χ3n) is 1.45. The van der Waals surface area contributed by atoms with Gasteiger partial charge in [0, 0.05) is 6.42 Å². The molecule has 14 heavy (non-hydrogen) atoms. The van der Waals surface area contributed by atoms with Crippen molar-refractivity contribution in [3.8, 4) is 12.3 Å². The maximum atomic E-state index is 12.0. The van der Waals surface area contributed by atoms with Crippen molar-refractivity contribution in [3.05, 3.63) is 11.6 Å². The molecule has 0 saturated carbocycles. The van der Waals surface area contributed by atoms with Crippen LogP contribution in [0.5, 0.6) is 0 Å². The van der Waals surface area contributed by atoms with Crippen molar-refractivity contribution in [2.45, 2.75) is 18.6 Å². The van der Waals surface area contributed by atoms with Crippen molar-refractivity contribution in [3.63, 3.8) is 0 Å². The summed E-state index contributed by atoms with van der Waals surface area (Å²) in [5.41, 5.74) is 5.42. The van der Waals surface area contributed by atoms with Crippen LogP contribution in [0.25, 0.3) is 0 Å². The summed E-state index contributed by atoms with van der Waals surface area (Å²) in [4.78, 5) is 3.19. The van der Waals surface area contributed by atoms with Crippen molar-refractivity contribution < 1.29 is 13.2 Å². The fraction of sp³-hybridized carbons (Fsp3) is 0.429. The molecule has 0 bridgehead atoms. The molecule has 0 aliphatic rings. The maximum absolute atomic E-state index is 12.0. The van der Waals surface area contributed by atoms with E-state index >= 15 is 0 Å². The first-order valence-electron chi connectivity index (χ1n) is 3.63. The van der Waals surface area contributed by atoms with Crippen LogP contribution in [-0.2, 0) is 6.18 Å². The quantitative estimate of drug-likeness (QED) is 0.701. The average molecular weight is 204 g/mol. The third-order valence-corrected chi connectivity index (χ3v) is 1.45. The monoisotopic (exact) mass is 204 g/mol. The van der Waals surface area contributed by atoms with Crippen LogP contribution >= 0.6 is 0 Å². The van der Waals surface area contributed by atoms with E-state index in [-0.39, 0.29) is 12.2 Å². The highest BCUT2D eigenvalue weighted by Gasteiger charge is 2.36. The van der Waals surface area contributed by atoms with Gasteiger partial charge in [-0.05, 0) is 0 Å². The number of rotatable bonds is 2. The summed E-state index contributed by atoms with van der Waals surface area (Å²) in [7, 11) is 0. The minimum Gasteiger partial charge on any atom is -0.321 e. The number of H-pyrrole nitrogens is 1. The lowest BCUT2D eigenvalue weighted by molar-refractivity contribution is -0.144. The molecule has 0 aromatic carbocycles. The Morgan fingerprint density at radius 2 is 2.21 bits per heavy atom. The van der Waals surface area contributed by atoms with Gasteiger partial charge >= 0.3 is 6.18 Å². The van der Waals surface area contributed by atoms with Crippen molar-refractivity contribution in [1.29, 1.82) is 0 Å². The highest BCUT2D eigenvalue weighted by molar-refractivity contribution is 5.02. The van der Waals surface area contributed by atoms with E-state index in [1.807, 2.05) is 0 Å². The van der Waals surface area contributed by atoms with Crippen LogP contribution in [0, 0.1) is 12.3 Å². The molecule has 0 aliphatic carbocycles. The molecule has 0 unspecified atom stereocenters. The summed E-state index contributed by atoms with van der Waals surface area (Å²) in [6, 6.07) is -0.747. The Bertz CT molecular complexity index is 349. The highest BCUT2D eigenvalue weighted by atomic mass is 19.4. The molecule has 1 aromatic rings. The number of terminal acetylenes is 1. The zero-order valence-corrected chi connectivity index (χ0v) is 6.97. The predicted molar refractivity (Wildman–Crippen MR) is 41.8 cm³/mol. The first-order valence-corrected chi connectivity index (χ1v) is 3.63. The number of alkyl halides is 3. The van der Waals surface area contributed by atoms with Crippen molar-refractivity contribution in [2.75, 3.05) is 0 Å². The van der Waals surface area contributed by atoms with Gasteiger partial charge in [0.05, 0.1) is 6.04 Å². The molecule has 7 heteroatoms. The largest absolute Gasteiger partial charge is 0.453 e. The second-order valence-electron chi connectivity index (χ2n) is 2.56. The lowest BCUT2D eigenvalue weighted by atomic mass is 10.2. The Balaban J connectivity index is 2.84. The molecular formula is C7H7F3N4. The first-order chi connectivity index (χ1) is 6.45. The lowest BCUT2D eigenvalue weighted by Crippen LogP contribution is -2.12. The highest BCUT2D eigenvalue weighted by Crippen LogP contribution is 2.26. The Morgan fingerprint density at radius 1 is 1.57 bits per heavy atom. The van der Waals surface area contributed by atoms with Gasteiger partial charge in [0.25, 0.3) is 5.82 Å². The van der Waals surface area contributed by atoms with Crippen LogP contribution in [0.1, 0.15) is 24.1 Å². The average Bonchev–Trinajstić information content (AvgIpc) is 2.51. The van der Waals surface area contributed by atoms with E-state index in [1.165, 1.54) is 0 Å². The van der Waals surface area contributed by atoms with Crippen LogP contribution < -0.4 is 5.73 Å². The maximum Gasteiger partial charge on any atom is 0.453 e. The van der Waals surface area contributed by atoms with E-state index in [2.05, 4.69) is 21.1 Å². The summed E-state index contributed by atoms with van der Waals surface area (Å²) in [5, 5.41) is 5.08. The van der Waals surface area contributed by atoms with Crippen LogP contribution in [-0.4, -0.2) is 15.2 Å². The molecule has 0 radical (unpaired) electrons. The lowest BCUT2D eigenvalue weighted by Gasteiger charge is -2.01. The fourth-order valence-electron chi connectivity index (χ4n) is 0.791.